The third-order valence-electron chi connectivity index (χ3n) is 1.97. The average Bonchev–Trinajstić information content (AvgIpc) is 2.11. The molecular weight excluding hydrogens is 247 g/mol. The molecule has 13 heavy (non-hydrogen) atoms. The minimum absolute atomic E-state index is 0.837. The third kappa shape index (κ3) is 3.17. The van der Waals surface area contributed by atoms with Crippen LogP contribution in [0.2, 0.25) is 5.02 Å². The molecule has 0 aliphatic carbocycles. The van der Waals surface area contributed by atoms with Gasteiger partial charge in [0, 0.05) is 9.50 Å². The SMILES string of the molecule is CC=C(C)Cc1cc(Br)ccc1Cl. The van der Waals surface area contributed by atoms with Crippen LogP contribution in [-0.4, -0.2) is 0 Å². The molecule has 0 radical (unpaired) electrons. The van der Waals surface area contributed by atoms with E-state index in [2.05, 4.69) is 35.0 Å². The number of hydrogen-bond acceptors (Lipinski definition) is 0. The van der Waals surface area contributed by atoms with Crippen molar-refractivity contribution in [3.05, 3.63) is 44.9 Å². The zero-order valence-corrected chi connectivity index (χ0v) is 10.1. The summed E-state index contributed by atoms with van der Waals surface area (Å²) in [7, 11) is 0. The predicted octanol–water partition coefficient (Wildman–Crippen LogP) is 4.61. The lowest BCUT2D eigenvalue weighted by Gasteiger charge is -2.04. The van der Waals surface area contributed by atoms with Gasteiger partial charge in [-0.15, -0.1) is 0 Å². The maximum atomic E-state index is 6.05. The van der Waals surface area contributed by atoms with Crippen LogP contribution in [0.15, 0.2) is 34.3 Å². The topological polar surface area (TPSA) is 0 Å². The molecule has 0 spiro atoms. The van der Waals surface area contributed by atoms with E-state index in [1.165, 1.54) is 11.1 Å². The van der Waals surface area contributed by atoms with Crippen molar-refractivity contribution in [2.75, 3.05) is 0 Å². The number of benzene rings is 1. The van der Waals surface area contributed by atoms with E-state index in [0.29, 0.717) is 0 Å². The third-order valence-corrected chi connectivity index (χ3v) is 2.83. The fourth-order valence-corrected chi connectivity index (χ4v) is 1.67. The van der Waals surface area contributed by atoms with Crippen LogP contribution in [-0.2, 0) is 6.42 Å². The minimum atomic E-state index is 0.837. The Morgan fingerprint density at radius 1 is 1.54 bits per heavy atom. The number of halogens is 2. The Kier molecular flexibility index (Phi) is 4.01. The van der Waals surface area contributed by atoms with Crippen LogP contribution < -0.4 is 0 Å². The highest BCUT2D eigenvalue weighted by Crippen LogP contribution is 2.23. The van der Waals surface area contributed by atoms with Crippen LogP contribution >= 0.6 is 27.5 Å². The molecule has 0 N–H and O–H groups in total. The molecule has 0 saturated heterocycles. The van der Waals surface area contributed by atoms with Crippen molar-refractivity contribution in [2.24, 2.45) is 0 Å². The Bertz CT molecular complexity index is 329. The lowest BCUT2D eigenvalue weighted by atomic mass is 10.1. The summed E-state index contributed by atoms with van der Waals surface area (Å²) in [6, 6.07) is 5.94. The van der Waals surface area contributed by atoms with Gasteiger partial charge >= 0.3 is 0 Å². The fourth-order valence-electron chi connectivity index (χ4n) is 1.08. The second-order valence-corrected chi connectivity index (χ2v) is 4.37. The molecule has 0 aliphatic rings. The molecule has 1 rings (SSSR count). The molecule has 1 aromatic carbocycles. The van der Waals surface area contributed by atoms with Crippen LogP contribution in [0.5, 0.6) is 0 Å². The van der Waals surface area contributed by atoms with Crippen molar-refractivity contribution in [1.29, 1.82) is 0 Å². The summed E-state index contributed by atoms with van der Waals surface area (Å²) in [5.41, 5.74) is 2.51. The van der Waals surface area contributed by atoms with Crippen LogP contribution in [0.1, 0.15) is 19.4 Å². The molecule has 1 aromatic rings. The summed E-state index contributed by atoms with van der Waals surface area (Å²) in [5, 5.41) is 0.837. The lowest BCUT2D eigenvalue weighted by molar-refractivity contribution is 1.13. The molecule has 0 heterocycles. The highest BCUT2D eigenvalue weighted by atomic mass is 79.9. The highest BCUT2D eigenvalue weighted by molar-refractivity contribution is 9.10. The Balaban J connectivity index is 2.94. The van der Waals surface area contributed by atoms with E-state index in [-0.39, 0.29) is 0 Å². The first-order valence-electron chi connectivity index (χ1n) is 4.19. The summed E-state index contributed by atoms with van der Waals surface area (Å²) >= 11 is 9.48. The van der Waals surface area contributed by atoms with Gasteiger partial charge in [-0.25, -0.2) is 0 Å². The fraction of sp³-hybridized carbons (Fsp3) is 0.273. The Labute approximate surface area is 92.7 Å². The lowest BCUT2D eigenvalue weighted by Crippen LogP contribution is -1.87. The van der Waals surface area contributed by atoms with Gasteiger partial charge in [-0.1, -0.05) is 39.2 Å². The van der Waals surface area contributed by atoms with E-state index in [1.54, 1.807) is 0 Å². The normalized spacial score (nSPS) is 11.8. The maximum Gasteiger partial charge on any atom is 0.0442 e. The molecule has 0 atom stereocenters. The summed E-state index contributed by atoms with van der Waals surface area (Å²) in [5.74, 6) is 0. The van der Waals surface area contributed by atoms with Gasteiger partial charge < -0.3 is 0 Å². The summed E-state index contributed by atoms with van der Waals surface area (Å²) in [4.78, 5) is 0. The smallest absolute Gasteiger partial charge is 0.0442 e. The van der Waals surface area contributed by atoms with Crippen LogP contribution in [0.3, 0.4) is 0 Å². The van der Waals surface area contributed by atoms with Crippen molar-refractivity contribution in [3.8, 4) is 0 Å². The number of allylic oxidation sites excluding steroid dienone is 2. The van der Waals surface area contributed by atoms with Crippen molar-refractivity contribution in [3.63, 3.8) is 0 Å². The average molecular weight is 260 g/mol. The molecule has 2 heteroatoms. The Morgan fingerprint density at radius 2 is 2.23 bits per heavy atom. The molecule has 0 bridgehead atoms. The quantitative estimate of drug-likeness (QED) is 0.680. The number of hydrogen-bond donors (Lipinski definition) is 0. The first-order valence-corrected chi connectivity index (χ1v) is 5.36. The Hall–Kier alpha value is -0.270. The molecule has 0 unspecified atom stereocenters. The second-order valence-electron chi connectivity index (χ2n) is 3.05. The van der Waals surface area contributed by atoms with Crippen molar-refractivity contribution in [1.82, 2.24) is 0 Å². The predicted molar refractivity (Wildman–Crippen MR) is 62.3 cm³/mol. The van der Waals surface area contributed by atoms with E-state index in [9.17, 15) is 0 Å². The molecule has 0 aromatic heterocycles. The molecule has 0 saturated carbocycles. The summed E-state index contributed by atoms with van der Waals surface area (Å²) in [6.45, 7) is 4.15. The molecular formula is C11H12BrCl. The van der Waals surface area contributed by atoms with Crippen LogP contribution in [0.4, 0.5) is 0 Å². The highest BCUT2D eigenvalue weighted by Gasteiger charge is 2.01. The van der Waals surface area contributed by atoms with Gasteiger partial charge in [-0.2, -0.15) is 0 Å². The number of rotatable bonds is 2. The first kappa shape index (κ1) is 10.8. The van der Waals surface area contributed by atoms with E-state index in [4.69, 9.17) is 11.6 Å². The monoisotopic (exact) mass is 258 g/mol. The molecule has 0 amide bonds. The van der Waals surface area contributed by atoms with E-state index < -0.39 is 0 Å². The summed E-state index contributed by atoms with van der Waals surface area (Å²) < 4.78 is 1.08. The van der Waals surface area contributed by atoms with E-state index >= 15 is 0 Å². The largest absolute Gasteiger partial charge is 0.0884 e. The zero-order chi connectivity index (χ0) is 9.84. The zero-order valence-electron chi connectivity index (χ0n) is 7.77. The van der Waals surface area contributed by atoms with Gasteiger partial charge in [-0.05, 0) is 44.0 Å². The minimum Gasteiger partial charge on any atom is -0.0884 e. The molecule has 70 valence electrons. The van der Waals surface area contributed by atoms with Crippen molar-refractivity contribution in [2.45, 2.75) is 20.3 Å². The van der Waals surface area contributed by atoms with Gasteiger partial charge in [0.1, 0.15) is 0 Å². The van der Waals surface area contributed by atoms with Gasteiger partial charge in [0.2, 0.25) is 0 Å². The summed E-state index contributed by atoms with van der Waals surface area (Å²) in [6.07, 6.45) is 3.03. The molecule has 0 aliphatic heterocycles. The van der Waals surface area contributed by atoms with Gasteiger partial charge in [-0.3, -0.25) is 0 Å². The van der Waals surface area contributed by atoms with E-state index in [0.717, 1.165) is 15.9 Å². The first-order chi connectivity index (χ1) is 6.13. The van der Waals surface area contributed by atoms with Crippen molar-refractivity contribution >= 4 is 27.5 Å². The standard InChI is InChI=1S/C11H12BrCl/c1-3-8(2)6-9-7-10(12)4-5-11(9)13/h3-5,7H,6H2,1-2H3. The molecule has 0 nitrogen and oxygen atoms in total. The van der Waals surface area contributed by atoms with Gasteiger partial charge in [0.25, 0.3) is 0 Å². The van der Waals surface area contributed by atoms with Gasteiger partial charge in [0.15, 0.2) is 0 Å². The maximum absolute atomic E-state index is 6.05. The van der Waals surface area contributed by atoms with Crippen molar-refractivity contribution < 1.29 is 0 Å². The second kappa shape index (κ2) is 4.83. The molecule has 0 fully saturated rings. The van der Waals surface area contributed by atoms with E-state index in [1.807, 2.05) is 19.1 Å². The van der Waals surface area contributed by atoms with Crippen LogP contribution in [0.25, 0.3) is 0 Å². The van der Waals surface area contributed by atoms with Gasteiger partial charge in [0.05, 0.1) is 0 Å². The Morgan fingerprint density at radius 3 is 2.85 bits per heavy atom. The van der Waals surface area contributed by atoms with Crippen LogP contribution in [0, 0.1) is 0 Å².